The number of nitrogens with zero attached hydrogens (tertiary/aromatic N) is 2. The molecule has 0 unspecified atom stereocenters. The SMILES string of the molecule is CCCc1cc(NCc2ccc(N)cc2)ncn1. The van der Waals surface area contributed by atoms with Crippen molar-refractivity contribution in [1.29, 1.82) is 0 Å². The molecule has 3 N–H and O–H groups in total. The Morgan fingerprint density at radius 2 is 1.94 bits per heavy atom. The summed E-state index contributed by atoms with van der Waals surface area (Å²) in [5.74, 6) is 0.866. The van der Waals surface area contributed by atoms with Crippen LogP contribution in [0.4, 0.5) is 11.5 Å². The van der Waals surface area contributed by atoms with Gasteiger partial charge in [0.1, 0.15) is 12.1 Å². The molecule has 0 atom stereocenters. The molecule has 0 spiro atoms. The van der Waals surface area contributed by atoms with Gasteiger partial charge in [-0.3, -0.25) is 0 Å². The molecule has 0 aliphatic rings. The van der Waals surface area contributed by atoms with Crippen molar-refractivity contribution in [1.82, 2.24) is 9.97 Å². The van der Waals surface area contributed by atoms with Gasteiger partial charge in [-0.05, 0) is 24.1 Å². The van der Waals surface area contributed by atoms with E-state index in [0.29, 0.717) is 0 Å². The van der Waals surface area contributed by atoms with Gasteiger partial charge in [0.05, 0.1) is 0 Å². The van der Waals surface area contributed by atoms with Crippen LogP contribution in [-0.2, 0) is 13.0 Å². The second-order valence-electron chi connectivity index (χ2n) is 4.24. The van der Waals surface area contributed by atoms with Crippen LogP contribution in [0.5, 0.6) is 0 Å². The van der Waals surface area contributed by atoms with Gasteiger partial charge >= 0.3 is 0 Å². The Hall–Kier alpha value is -2.10. The maximum absolute atomic E-state index is 5.65. The Morgan fingerprint density at radius 1 is 1.17 bits per heavy atom. The zero-order chi connectivity index (χ0) is 12.8. The molecule has 0 amide bonds. The largest absolute Gasteiger partial charge is 0.399 e. The Labute approximate surface area is 107 Å². The third kappa shape index (κ3) is 3.45. The molecule has 0 aliphatic carbocycles. The lowest BCUT2D eigenvalue weighted by molar-refractivity contribution is 0.871. The van der Waals surface area contributed by atoms with E-state index in [0.717, 1.165) is 36.6 Å². The van der Waals surface area contributed by atoms with E-state index >= 15 is 0 Å². The van der Waals surface area contributed by atoms with Crippen molar-refractivity contribution in [2.24, 2.45) is 0 Å². The number of aryl methyl sites for hydroxylation is 1. The van der Waals surface area contributed by atoms with Crippen molar-refractivity contribution < 1.29 is 0 Å². The number of aromatic nitrogens is 2. The first kappa shape index (κ1) is 12.4. The van der Waals surface area contributed by atoms with Crippen LogP contribution in [0, 0.1) is 0 Å². The molecular formula is C14H18N4. The van der Waals surface area contributed by atoms with Crippen molar-refractivity contribution in [3.8, 4) is 0 Å². The van der Waals surface area contributed by atoms with Crippen LogP contribution in [-0.4, -0.2) is 9.97 Å². The monoisotopic (exact) mass is 242 g/mol. The Bertz CT molecular complexity index is 493. The van der Waals surface area contributed by atoms with Gasteiger partial charge in [-0.1, -0.05) is 25.5 Å². The third-order valence-electron chi connectivity index (χ3n) is 2.68. The lowest BCUT2D eigenvalue weighted by Gasteiger charge is -2.07. The van der Waals surface area contributed by atoms with Crippen LogP contribution < -0.4 is 11.1 Å². The summed E-state index contributed by atoms with van der Waals surface area (Å²) in [4.78, 5) is 8.44. The quantitative estimate of drug-likeness (QED) is 0.791. The first-order valence-corrected chi connectivity index (χ1v) is 6.17. The second kappa shape index (κ2) is 6.00. The fraction of sp³-hybridized carbons (Fsp3) is 0.286. The van der Waals surface area contributed by atoms with E-state index < -0.39 is 0 Å². The lowest BCUT2D eigenvalue weighted by Crippen LogP contribution is -2.03. The van der Waals surface area contributed by atoms with Crippen LogP contribution in [0.15, 0.2) is 36.7 Å². The topological polar surface area (TPSA) is 63.8 Å². The number of anilines is 2. The van der Waals surface area contributed by atoms with E-state index in [2.05, 4.69) is 22.2 Å². The zero-order valence-corrected chi connectivity index (χ0v) is 10.6. The highest BCUT2D eigenvalue weighted by atomic mass is 15.0. The lowest BCUT2D eigenvalue weighted by atomic mass is 10.2. The molecule has 94 valence electrons. The minimum absolute atomic E-state index is 0.739. The minimum Gasteiger partial charge on any atom is -0.399 e. The molecule has 4 heteroatoms. The highest BCUT2D eigenvalue weighted by Crippen LogP contribution is 2.10. The fourth-order valence-electron chi connectivity index (χ4n) is 1.72. The van der Waals surface area contributed by atoms with Crippen molar-refractivity contribution in [3.05, 3.63) is 47.9 Å². The Balaban J connectivity index is 1.97. The molecule has 2 rings (SSSR count). The normalized spacial score (nSPS) is 10.3. The van der Waals surface area contributed by atoms with E-state index in [-0.39, 0.29) is 0 Å². The van der Waals surface area contributed by atoms with Gasteiger partial charge in [0.25, 0.3) is 0 Å². The predicted molar refractivity (Wildman–Crippen MR) is 74.2 cm³/mol. The molecule has 0 radical (unpaired) electrons. The number of hydrogen-bond donors (Lipinski definition) is 2. The van der Waals surface area contributed by atoms with E-state index in [4.69, 9.17) is 5.73 Å². The van der Waals surface area contributed by atoms with Crippen LogP contribution in [0.3, 0.4) is 0 Å². The highest BCUT2D eigenvalue weighted by molar-refractivity contribution is 5.41. The molecule has 1 aromatic carbocycles. The molecule has 0 aliphatic heterocycles. The molecule has 0 saturated carbocycles. The van der Waals surface area contributed by atoms with E-state index in [1.54, 1.807) is 6.33 Å². The number of hydrogen-bond acceptors (Lipinski definition) is 4. The third-order valence-corrected chi connectivity index (χ3v) is 2.68. The molecule has 4 nitrogen and oxygen atoms in total. The predicted octanol–water partition coefficient (Wildman–Crippen LogP) is 2.62. The van der Waals surface area contributed by atoms with Crippen molar-refractivity contribution in [2.75, 3.05) is 11.1 Å². The molecule has 18 heavy (non-hydrogen) atoms. The molecule has 2 aromatic rings. The van der Waals surface area contributed by atoms with Crippen LogP contribution in [0.2, 0.25) is 0 Å². The number of benzene rings is 1. The van der Waals surface area contributed by atoms with Crippen molar-refractivity contribution in [3.63, 3.8) is 0 Å². The molecule has 0 fully saturated rings. The molecule has 0 saturated heterocycles. The van der Waals surface area contributed by atoms with Crippen LogP contribution >= 0.6 is 0 Å². The van der Waals surface area contributed by atoms with Gasteiger partial charge in [-0.25, -0.2) is 9.97 Å². The Morgan fingerprint density at radius 3 is 2.67 bits per heavy atom. The first-order valence-electron chi connectivity index (χ1n) is 6.17. The summed E-state index contributed by atoms with van der Waals surface area (Å²) in [6.45, 7) is 2.88. The molecular weight excluding hydrogens is 224 g/mol. The number of nitrogens with one attached hydrogen (secondary N) is 1. The fourth-order valence-corrected chi connectivity index (χ4v) is 1.72. The summed E-state index contributed by atoms with van der Waals surface area (Å²) in [5, 5.41) is 3.29. The summed E-state index contributed by atoms with van der Waals surface area (Å²) in [5.41, 5.74) is 8.69. The summed E-state index contributed by atoms with van der Waals surface area (Å²) in [7, 11) is 0. The van der Waals surface area contributed by atoms with Crippen LogP contribution in [0.25, 0.3) is 0 Å². The van der Waals surface area contributed by atoms with Gasteiger partial charge in [0.15, 0.2) is 0 Å². The first-order chi connectivity index (χ1) is 8.78. The van der Waals surface area contributed by atoms with Gasteiger partial charge in [-0.2, -0.15) is 0 Å². The standard InChI is InChI=1S/C14H18N4/c1-2-3-13-8-14(18-10-17-13)16-9-11-4-6-12(15)7-5-11/h4-8,10H,2-3,9,15H2,1H3,(H,16,17,18). The highest BCUT2D eigenvalue weighted by Gasteiger charge is 1.98. The number of rotatable bonds is 5. The second-order valence-corrected chi connectivity index (χ2v) is 4.24. The average molecular weight is 242 g/mol. The summed E-state index contributed by atoms with van der Waals surface area (Å²) in [6, 6.07) is 9.83. The summed E-state index contributed by atoms with van der Waals surface area (Å²) in [6.07, 6.45) is 3.68. The molecule has 0 bridgehead atoms. The van der Waals surface area contributed by atoms with E-state index in [1.165, 1.54) is 5.56 Å². The Kier molecular flexibility index (Phi) is 4.12. The van der Waals surface area contributed by atoms with Gasteiger partial charge in [0, 0.05) is 24.0 Å². The average Bonchev–Trinajstić information content (AvgIpc) is 2.39. The zero-order valence-electron chi connectivity index (χ0n) is 10.6. The summed E-state index contributed by atoms with van der Waals surface area (Å²) >= 11 is 0. The van der Waals surface area contributed by atoms with E-state index in [9.17, 15) is 0 Å². The van der Waals surface area contributed by atoms with Crippen molar-refractivity contribution >= 4 is 11.5 Å². The van der Waals surface area contributed by atoms with Gasteiger partial charge < -0.3 is 11.1 Å². The maximum Gasteiger partial charge on any atom is 0.129 e. The van der Waals surface area contributed by atoms with Gasteiger partial charge in [-0.15, -0.1) is 0 Å². The maximum atomic E-state index is 5.65. The molecule has 1 heterocycles. The van der Waals surface area contributed by atoms with Gasteiger partial charge in [0.2, 0.25) is 0 Å². The van der Waals surface area contributed by atoms with Crippen molar-refractivity contribution in [2.45, 2.75) is 26.3 Å². The van der Waals surface area contributed by atoms with Crippen LogP contribution in [0.1, 0.15) is 24.6 Å². The summed E-state index contributed by atoms with van der Waals surface area (Å²) < 4.78 is 0. The smallest absolute Gasteiger partial charge is 0.129 e. The minimum atomic E-state index is 0.739. The van der Waals surface area contributed by atoms with E-state index in [1.807, 2.05) is 30.3 Å². The number of nitrogens with two attached hydrogens (primary N) is 1. The number of nitrogen functional groups attached to an aromatic ring is 1. The molecule has 1 aromatic heterocycles.